The van der Waals surface area contributed by atoms with Gasteiger partial charge < -0.3 is 24.1 Å². The van der Waals surface area contributed by atoms with Crippen molar-refractivity contribution in [2.45, 2.75) is 26.4 Å². The summed E-state index contributed by atoms with van der Waals surface area (Å²) in [4.78, 5) is 39.4. The van der Waals surface area contributed by atoms with E-state index >= 15 is 0 Å². The number of likely N-dealkylation sites (tertiary alicyclic amines) is 1. The zero-order valence-corrected chi connectivity index (χ0v) is 18.4. The average Bonchev–Trinajstić information content (AvgIpc) is 3.22. The number of piperidine rings is 1. The molecule has 0 radical (unpaired) electrons. The molecule has 0 spiro atoms. The van der Waals surface area contributed by atoms with Gasteiger partial charge in [-0.15, -0.1) is 0 Å². The minimum Gasteiger partial charge on any atom is -0.460 e. The normalized spacial score (nSPS) is 15.8. The SMILES string of the molecule is CCOC(=O)c1oc2ccccc2c1COC(=O)[C@@H]1CCCN(C(=O)Nc2ccccc2)C1. The summed E-state index contributed by atoms with van der Waals surface area (Å²) in [6.45, 7) is 2.65. The van der Waals surface area contributed by atoms with Crippen LogP contribution in [0.3, 0.4) is 0 Å². The van der Waals surface area contributed by atoms with Crippen molar-refractivity contribution in [2.75, 3.05) is 25.0 Å². The van der Waals surface area contributed by atoms with Crippen molar-refractivity contribution in [3.05, 3.63) is 65.9 Å². The molecule has 8 nitrogen and oxygen atoms in total. The van der Waals surface area contributed by atoms with E-state index in [1.807, 2.05) is 36.4 Å². The lowest BCUT2D eigenvalue weighted by Gasteiger charge is -2.31. The second-order valence-electron chi connectivity index (χ2n) is 7.82. The van der Waals surface area contributed by atoms with E-state index in [9.17, 15) is 14.4 Å². The molecule has 1 fully saturated rings. The number of hydrogen-bond acceptors (Lipinski definition) is 6. The van der Waals surface area contributed by atoms with E-state index in [0.29, 0.717) is 41.6 Å². The van der Waals surface area contributed by atoms with Gasteiger partial charge >= 0.3 is 18.0 Å². The fraction of sp³-hybridized carbons (Fsp3) is 0.320. The number of rotatable bonds is 6. The number of ether oxygens (including phenoxy) is 2. The molecule has 0 aliphatic carbocycles. The number of para-hydroxylation sites is 2. The zero-order chi connectivity index (χ0) is 23.2. The van der Waals surface area contributed by atoms with Gasteiger partial charge in [-0.25, -0.2) is 9.59 Å². The largest absolute Gasteiger partial charge is 0.460 e. The third-order valence-electron chi connectivity index (χ3n) is 5.58. The molecular weight excluding hydrogens is 424 g/mol. The Morgan fingerprint density at radius 1 is 1.06 bits per heavy atom. The van der Waals surface area contributed by atoms with Crippen LogP contribution < -0.4 is 5.32 Å². The van der Waals surface area contributed by atoms with Gasteiger partial charge in [-0.2, -0.15) is 0 Å². The monoisotopic (exact) mass is 450 g/mol. The van der Waals surface area contributed by atoms with Crippen molar-refractivity contribution in [3.63, 3.8) is 0 Å². The zero-order valence-electron chi connectivity index (χ0n) is 18.4. The second-order valence-corrected chi connectivity index (χ2v) is 7.82. The highest BCUT2D eigenvalue weighted by Crippen LogP contribution is 2.28. The molecule has 1 atom stereocenters. The molecule has 1 saturated heterocycles. The van der Waals surface area contributed by atoms with E-state index in [2.05, 4.69) is 5.32 Å². The van der Waals surface area contributed by atoms with Crippen LogP contribution in [0.4, 0.5) is 10.5 Å². The van der Waals surface area contributed by atoms with E-state index in [1.54, 1.807) is 30.0 Å². The van der Waals surface area contributed by atoms with Crippen molar-refractivity contribution in [3.8, 4) is 0 Å². The molecule has 2 amide bonds. The lowest BCUT2D eigenvalue weighted by molar-refractivity contribution is -0.151. The summed E-state index contributed by atoms with van der Waals surface area (Å²) in [7, 11) is 0. The van der Waals surface area contributed by atoms with Crippen LogP contribution in [0.15, 0.2) is 59.0 Å². The van der Waals surface area contributed by atoms with Gasteiger partial charge in [0.2, 0.25) is 5.76 Å². The number of amides is 2. The Morgan fingerprint density at radius 2 is 1.82 bits per heavy atom. The molecule has 1 N–H and O–H groups in total. The highest BCUT2D eigenvalue weighted by atomic mass is 16.5. The Morgan fingerprint density at radius 3 is 2.61 bits per heavy atom. The number of nitrogens with zero attached hydrogens (tertiary/aromatic N) is 1. The number of nitrogens with one attached hydrogen (secondary N) is 1. The molecule has 2 aromatic carbocycles. The standard InChI is InChI=1S/C25H26N2O6/c1-2-31-24(29)22-20(19-12-6-7-13-21(19)33-22)16-32-23(28)17-9-8-14-27(15-17)25(30)26-18-10-4-3-5-11-18/h3-7,10-13,17H,2,8-9,14-16H2,1H3,(H,26,30)/t17-/m1/s1. The van der Waals surface area contributed by atoms with Crippen LogP contribution in [0.2, 0.25) is 0 Å². The molecule has 0 saturated carbocycles. The van der Waals surface area contributed by atoms with Gasteiger partial charge in [0.15, 0.2) is 0 Å². The summed E-state index contributed by atoms with van der Waals surface area (Å²) in [5.74, 6) is -1.41. The molecule has 33 heavy (non-hydrogen) atoms. The molecule has 8 heteroatoms. The minimum absolute atomic E-state index is 0.0401. The van der Waals surface area contributed by atoms with Gasteiger partial charge in [0.05, 0.1) is 18.1 Å². The molecular formula is C25H26N2O6. The van der Waals surface area contributed by atoms with Gasteiger partial charge in [-0.05, 0) is 38.0 Å². The third kappa shape index (κ3) is 5.16. The first-order valence-corrected chi connectivity index (χ1v) is 11.0. The number of esters is 2. The Bertz CT molecular complexity index is 1140. The van der Waals surface area contributed by atoms with Crippen LogP contribution in [0.25, 0.3) is 11.0 Å². The number of hydrogen-bond donors (Lipinski definition) is 1. The highest BCUT2D eigenvalue weighted by molar-refractivity contribution is 5.96. The highest BCUT2D eigenvalue weighted by Gasteiger charge is 2.30. The van der Waals surface area contributed by atoms with Crippen molar-refractivity contribution in [1.82, 2.24) is 4.90 Å². The van der Waals surface area contributed by atoms with Crippen LogP contribution >= 0.6 is 0 Å². The average molecular weight is 450 g/mol. The summed E-state index contributed by atoms with van der Waals surface area (Å²) in [6, 6.07) is 16.1. The number of fused-ring (bicyclic) bond motifs is 1. The number of anilines is 1. The molecule has 1 aromatic heterocycles. The van der Waals surface area contributed by atoms with Crippen LogP contribution in [-0.4, -0.2) is 42.6 Å². The predicted molar refractivity (Wildman–Crippen MR) is 122 cm³/mol. The minimum atomic E-state index is -0.596. The lowest BCUT2D eigenvalue weighted by atomic mass is 9.98. The first kappa shape index (κ1) is 22.4. The van der Waals surface area contributed by atoms with Gasteiger partial charge in [-0.1, -0.05) is 36.4 Å². The number of urea groups is 1. The van der Waals surface area contributed by atoms with Crippen LogP contribution in [0, 0.1) is 5.92 Å². The Hall–Kier alpha value is -3.81. The number of benzene rings is 2. The first-order valence-electron chi connectivity index (χ1n) is 11.0. The van der Waals surface area contributed by atoms with Gasteiger partial charge in [-0.3, -0.25) is 4.79 Å². The fourth-order valence-electron chi connectivity index (χ4n) is 3.94. The molecule has 3 aromatic rings. The summed E-state index contributed by atoms with van der Waals surface area (Å²) in [5, 5.41) is 3.54. The van der Waals surface area contributed by atoms with Gasteiger partial charge in [0.1, 0.15) is 12.2 Å². The maximum atomic E-state index is 12.8. The fourth-order valence-corrected chi connectivity index (χ4v) is 3.94. The van der Waals surface area contributed by atoms with E-state index in [-0.39, 0.29) is 31.5 Å². The number of carbonyl (C=O) groups excluding carboxylic acids is 3. The maximum Gasteiger partial charge on any atom is 0.374 e. The summed E-state index contributed by atoms with van der Waals surface area (Å²) in [6.07, 6.45) is 1.33. The summed E-state index contributed by atoms with van der Waals surface area (Å²) < 4.78 is 16.3. The first-order chi connectivity index (χ1) is 16.1. The van der Waals surface area contributed by atoms with E-state index in [4.69, 9.17) is 13.9 Å². The number of furan rings is 1. The van der Waals surface area contributed by atoms with E-state index in [0.717, 1.165) is 0 Å². The molecule has 2 heterocycles. The lowest BCUT2D eigenvalue weighted by Crippen LogP contribution is -2.44. The molecule has 0 unspecified atom stereocenters. The third-order valence-corrected chi connectivity index (χ3v) is 5.58. The van der Waals surface area contributed by atoms with Crippen molar-refractivity contribution >= 4 is 34.6 Å². The Labute approximate surface area is 191 Å². The van der Waals surface area contributed by atoms with Crippen molar-refractivity contribution in [2.24, 2.45) is 5.92 Å². The molecule has 0 bridgehead atoms. The maximum absolute atomic E-state index is 12.8. The van der Waals surface area contributed by atoms with Crippen molar-refractivity contribution in [1.29, 1.82) is 0 Å². The quantitative estimate of drug-likeness (QED) is 0.552. The predicted octanol–water partition coefficient (Wildman–Crippen LogP) is 4.60. The Balaban J connectivity index is 1.41. The second kappa shape index (κ2) is 10.2. The van der Waals surface area contributed by atoms with E-state index < -0.39 is 17.9 Å². The van der Waals surface area contributed by atoms with Crippen molar-refractivity contribution < 1.29 is 28.3 Å². The topological polar surface area (TPSA) is 98.1 Å². The summed E-state index contributed by atoms with van der Waals surface area (Å²) >= 11 is 0. The van der Waals surface area contributed by atoms with Gasteiger partial charge in [0.25, 0.3) is 0 Å². The number of carbonyl (C=O) groups is 3. The van der Waals surface area contributed by atoms with Crippen LogP contribution in [-0.2, 0) is 20.9 Å². The molecule has 1 aliphatic rings. The van der Waals surface area contributed by atoms with E-state index in [1.165, 1.54) is 0 Å². The van der Waals surface area contributed by atoms with Crippen LogP contribution in [0.5, 0.6) is 0 Å². The Kier molecular flexibility index (Phi) is 6.92. The molecule has 1 aliphatic heterocycles. The van der Waals surface area contributed by atoms with Gasteiger partial charge in [0, 0.05) is 24.2 Å². The smallest absolute Gasteiger partial charge is 0.374 e. The molecule has 172 valence electrons. The van der Waals surface area contributed by atoms with Crippen LogP contribution in [0.1, 0.15) is 35.9 Å². The molecule has 4 rings (SSSR count). The summed E-state index contributed by atoms with van der Waals surface area (Å²) in [5.41, 5.74) is 1.70.